The minimum absolute atomic E-state index is 0.605. The van der Waals surface area contributed by atoms with Gasteiger partial charge in [0.25, 0.3) is 0 Å². The fourth-order valence-corrected chi connectivity index (χ4v) is 3.10. The summed E-state index contributed by atoms with van der Waals surface area (Å²) in [5, 5.41) is 16.4. The van der Waals surface area contributed by atoms with Gasteiger partial charge in [-0.2, -0.15) is 5.10 Å². The van der Waals surface area contributed by atoms with Crippen LogP contribution in [0.2, 0.25) is 0 Å². The Morgan fingerprint density at radius 3 is 2.85 bits per heavy atom. The largest absolute Gasteiger partial charge is 0.333 e. The number of fused-ring (bicyclic) bond motifs is 1. The van der Waals surface area contributed by atoms with Gasteiger partial charge in [-0.1, -0.05) is 13.3 Å². The molecule has 136 valence electrons. The summed E-state index contributed by atoms with van der Waals surface area (Å²) in [7, 11) is 0. The van der Waals surface area contributed by atoms with Gasteiger partial charge in [-0.25, -0.2) is 14.6 Å². The van der Waals surface area contributed by atoms with Crippen LogP contribution in [-0.4, -0.2) is 47.6 Å². The minimum Gasteiger partial charge on any atom is -0.333 e. The molecular weight excluding hydrogens is 328 g/mol. The Morgan fingerprint density at radius 1 is 1.12 bits per heavy atom. The summed E-state index contributed by atoms with van der Waals surface area (Å²) in [6.45, 7) is 7.78. The number of hydrogen-bond acceptors (Lipinski definition) is 6. The molecule has 4 rings (SSSR count). The summed E-state index contributed by atoms with van der Waals surface area (Å²) in [5.41, 5.74) is 2.46. The lowest BCUT2D eigenvalue weighted by Gasteiger charge is -2.02. The molecule has 1 aliphatic rings. The highest BCUT2D eigenvalue weighted by molar-refractivity contribution is 5.56. The topological polar surface area (TPSA) is 86.3 Å². The van der Waals surface area contributed by atoms with E-state index in [0.717, 1.165) is 68.5 Å². The molecule has 8 nitrogen and oxygen atoms in total. The molecule has 1 aliphatic heterocycles. The molecule has 26 heavy (non-hydrogen) atoms. The first kappa shape index (κ1) is 16.8. The predicted molar refractivity (Wildman–Crippen MR) is 98.5 cm³/mol. The van der Waals surface area contributed by atoms with Gasteiger partial charge in [-0.15, -0.1) is 10.2 Å². The fourth-order valence-electron chi connectivity index (χ4n) is 3.10. The molecule has 0 spiro atoms. The molecule has 0 saturated heterocycles. The lowest BCUT2D eigenvalue weighted by Crippen LogP contribution is -2.17. The van der Waals surface area contributed by atoms with E-state index in [9.17, 15) is 0 Å². The van der Waals surface area contributed by atoms with Gasteiger partial charge in [0.2, 0.25) is 5.82 Å². The van der Waals surface area contributed by atoms with Crippen molar-refractivity contribution in [3.05, 3.63) is 29.8 Å². The van der Waals surface area contributed by atoms with Gasteiger partial charge in [0, 0.05) is 38.8 Å². The van der Waals surface area contributed by atoms with Crippen molar-refractivity contribution in [3.8, 4) is 23.0 Å². The molecule has 8 heteroatoms. The van der Waals surface area contributed by atoms with E-state index in [1.165, 1.54) is 0 Å². The Kier molecular flexibility index (Phi) is 4.75. The van der Waals surface area contributed by atoms with Crippen LogP contribution in [0.5, 0.6) is 0 Å². The van der Waals surface area contributed by atoms with Crippen molar-refractivity contribution in [2.75, 3.05) is 13.1 Å². The van der Waals surface area contributed by atoms with E-state index in [1.54, 1.807) is 0 Å². The van der Waals surface area contributed by atoms with Crippen molar-refractivity contribution in [3.63, 3.8) is 0 Å². The van der Waals surface area contributed by atoms with E-state index in [-0.39, 0.29) is 0 Å². The zero-order valence-corrected chi connectivity index (χ0v) is 15.3. The lowest BCUT2D eigenvalue weighted by atomic mass is 10.3. The van der Waals surface area contributed by atoms with E-state index in [0.29, 0.717) is 11.5 Å². The average molecular weight is 352 g/mol. The number of rotatable bonds is 5. The molecule has 0 aliphatic carbocycles. The van der Waals surface area contributed by atoms with Gasteiger partial charge in [-0.3, -0.25) is 0 Å². The summed E-state index contributed by atoms with van der Waals surface area (Å²) < 4.78 is 4.18. The summed E-state index contributed by atoms with van der Waals surface area (Å²) in [6, 6.07) is 3.85. The second-order valence-corrected chi connectivity index (χ2v) is 6.63. The third-order valence-corrected chi connectivity index (χ3v) is 4.57. The molecule has 3 aromatic heterocycles. The molecule has 0 fully saturated rings. The maximum atomic E-state index is 4.83. The summed E-state index contributed by atoms with van der Waals surface area (Å²) in [6.07, 6.45) is 5.18. The van der Waals surface area contributed by atoms with Crippen molar-refractivity contribution >= 4 is 0 Å². The van der Waals surface area contributed by atoms with E-state index in [4.69, 9.17) is 15.1 Å². The SMILES string of the molecule is CCCCn1nc(-c2ccc(C)nn2)nc1-c1cn2c(n1)CCNCC2. The predicted octanol–water partition coefficient (Wildman–Crippen LogP) is 1.85. The third-order valence-electron chi connectivity index (χ3n) is 4.57. The van der Waals surface area contributed by atoms with Crippen LogP contribution in [0.1, 0.15) is 31.3 Å². The Labute approximate surface area is 152 Å². The Hall–Kier alpha value is -2.61. The Balaban J connectivity index is 1.73. The highest BCUT2D eigenvalue weighted by Gasteiger charge is 2.19. The number of nitrogens with one attached hydrogen (secondary N) is 1. The molecular formula is C18H24N8. The van der Waals surface area contributed by atoms with Crippen molar-refractivity contribution in [1.82, 2.24) is 39.8 Å². The summed E-state index contributed by atoms with van der Waals surface area (Å²) >= 11 is 0. The van der Waals surface area contributed by atoms with Crippen LogP contribution in [0.3, 0.4) is 0 Å². The number of aromatic nitrogens is 7. The van der Waals surface area contributed by atoms with E-state index in [2.05, 4.69) is 33.2 Å². The zero-order chi connectivity index (χ0) is 17.9. The van der Waals surface area contributed by atoms with Crippen molar-refractivity contribution in [2.24, 2.45) is 0 Å². The number of imidazole rings is 1. The van der Waals surface area contributed by atoms with Crippen LogP contribution < -0.4 is 5.32 Å². The van der Waals surface area contributed by atoms with E-state index >= 15 is 0 Å². The minimum atomic E-state index is 0.605. The van der Waals surface area contributed by atoms with Crippen LogP contribution in [0.25, 0.3) is 23.0 Å². The molecule has 0 amide bonds. The van der Waals surface area contributed by atoms with Gasteiger partial charge in [0.1, 0.15) is 17.2 Å². The molecule has 1 N–H and O–H groups in total. The monoisotopic (exact) mass is 352 g/mol. The first-order chi connectivity index (χ1) is 12.7. The van der Waals surface area contributed by atoms with E-state index < -0.39 is 0 Å². The Bertz CT molecular complexity index is 854. The van der Waals surface area contributed by atoms with Crippen LogP contribution in [0.15, 0.2) is 18.3 Å². The van der Waals surface area contributed by atoms with Gasteiger partial charge in [0.05, 0.1) is 5.69 Å². The van der Waals surface area contributed by atoms with Gasteiger partial charge in [0.15, 0.2) is 5.82 Å². The highest BCUT2D eigenvalue weighted by Crippen LogP contribution is 2.22. The molecule has 0 atom stereocenters. The first-order valence-electron chi connectivity index (χ1n) is 9.27. The molecule has 0 bridgehead atoms. The van der Waals surface area contributed by atoms with Gasteiger partial charge >= 0.3 is 0 Å². The standard InChI is InChI=1S/C18H24N8/c1-3-4-10-26-18(15-12-25-11-9-19-8-7-16(25)20-15)21-17(24-26)14-6-5-13(2)22-23-14/h5-6,12,19H,3-4,7-11H2,1-2H3. The fraction of sp³-hybridized carbons (Fsp3) is 0.500. The van der Waals surface area contributed by atoms with Crippen molar-refractivity contribution in [2.45, 2.75) is 46.2 Å². The van der Waals surface area contributed by atoms with Crippen LogP contribution >= 0.6 is 0 Å². The zero-order valence-electron chi connectivity index (χ0n) is 15.3. The van der Waals surface area contributed by atoms with Crippen molar-refractivity contribution in [1.29, 1.82) is 0 Å². The number of nitrogens with zero attached hydrogens (tertiary/aromatic N) is 7. The molecule has 0 saturated carbocycles. The smallest absolute Gasteiger partial charge is 0.202 e. The molecule has 0 unspecified atom stereocenters. The van der Waals surface area contributed by atoms with Gasteiger partial charge < -0.3 is 9.88 Å². The number of hydrogen-bond donors (Lipinski definition) is 1. The maximum absolute atomic E-state index is 4.83. The average Bonchev–Trinajstić information content (AvgIpc) is 3.19. The maximum Gasteiger partial charge on any atom is 0.202 e. The van der Waals surface area contributed by atoms with E-state index in [1.807, 2.05) is 23.7 Å². The molecule has 0 aromatic carbocycles. The molecule has 0 radical (unpaired) electrons. The third kappa shape index (κ3) is 3.37. The van der Waals surface area contributed by atoms with Crippen LogP contribution in [-0.2, 0) is 19.5 Å². The van der Waals surface area contributed by atoms with Crippen molar-refractivity contribution < 1.29 is 0 Å². The summed E-state index contributed by atoms with van der Waals surface area (Å²) in [4.78, 5) is 9.59. The molecule has 4 heterocycles. The second-order valence-electron chi connectivity index (χ2n) is 6.63. The van der Waals surface area contributed by atoms with Crippen LogP contribution in [0, 0.1) is 6.92 Å². The first-order valence-corrected chi connectivity index (χ1v) is 9.27. The lowest BCUT2D eigenvalue weighted by molar-refractivity contribution is 0.576. The van der Waals surface area contributed by atoms with Gasteiger partial charge in [-0.05, 0) is 25.5 Å². The second kappa shape index (κ2) is 7.33. The quantitative estimate of drug-likeness (QED) is 0.754. The molecule has 3 aromatic rings. The number of unbranched alkanes of at least 4 members (excludes halogenated alkanes) is 1. The number of aryl methyl sites for hydroxylation is 2. The summed E-state index contributed by atoms with van der Waals surface area (Å²) in [5.74, 6) is 2.52. The Morgan fingerprint density at radius 2 is 2.04 bits per heavy atom. The van der Waals surface area contributed by atoms with Crippen LogP contribution in [0.4, 0.5) is 0 Å². The normalized spacial score (nSPS) is 14.2. The highest BCUT2D eigenvalue weighted by atomic mass is 15.4.